The number of hydrogen-bond acceptors (Lipinski definition) is 1. The maximum Gasteiger partial charge on any atom is 0.133 e. The molecule has 0 aromatic carbocycles. The summed E-state index contributed by atoms with van der Waals surface area (Å²) in [7, 11) is 0. The van der Waals surface area contributed by atoms with Gasteiger partial charge in [0.15, 0.2) is 0 Å². The van der Waals surface area contributed by atoms with Crippen molar-refractivity contribution in [2.75, 3.05) is 0 Å². The third-order valence-corrected chi connectivity index (χ3v) is 9.07. The molecule has 4 aliphatic carbocycles. The molecule has 2 heteroatoms. The largest absolute Gasteiger partial charge is 0.412 e. The van der Waals surface area contributed by atoms with Gasteiger partial charge in [-0.05, 0) is 92.8 Å². The molecular weight excluding hydrogens is 284 g/mol. The maximum absolute atomic E-state index is 12.2. The highest BCUT2D eigenvalue weighted by Gasteiger charge is 2.60. The Balaban J connectivity index is 0.00000156. The Kier molecular flexibility index (Phi) is 4.45. The van der Waals surface area contributed by atoms with Gasteiger partial charge in [-0.1, -0.05) is 26.7 Å². The average Bonchev–Trinajstić information content (AvgIpc) is 2.84. The highest BCUT2D eigenvalue weighted by atomic mass is 16.1. The molecule has 0 bridgehead atoms. The predicted octanol–water partition coefficient (Wildman–Crippen LogP) is 4.80. The Morgan fingerprint density at radius 1 is 0.826 bits per heavy atom. The smallest absolute Gasteiger partial charge is 0.133 e. The van der Waals surface area contributed by atoms with Gasteiger partial charge >= 0.3 is 0 Å². The van der Waals surface area contributed by atoms with E-state index in [2.05, 4.69) is 13.8 Å². The normalized spacial score (nSPS) is 51.9. The molecule has 0 saturated heterocycles. The minimum atomic E-state index is 0. The van der Waals surface area contributed by atoms with Gasteiger partial charge in [0.2, 0.25) is 0 Å². The van der Waals surface area contributed by atoms with Crippen LogP contribution in [-0.4, -0.2) is 11.3 Å². The van der Waals surface area contributed by atoms with Gasteiger partial charge in [0.25, 0.3) is 0 Å². The molecule has 23 heavy (non-hydrogen) atoms. The first-order valence-corrected chi connectivity index (χ1v) is 9.97. The summed E-state index contributed by atoms with van der Waals surface area (Å²) in [6, 6.07) is 0. The summed E-state index contributed by atoms with van der Waals surface area (Å²) in [6.07, 6.45) is 14.1. The first-order valence-electron chi connectivity index (χ1n) is 9.97. The molecule has 4 saturated carbocycles. The van der Waals surface area contributed by atoms with Crippen molar-refractivity contribution in [1.29, 1.82) is 0 Å². The molecule has 4 aliphatic rings. The lowest BCUT2D eigenvalue weighted by Crippen LogP contribution is -2.53. The average molecular weight is 321 g/mol. The molecule has 7 atom stereocenters. The van der Waals surface area contributed by atoms with Crippen LogP contribution in [0.3, 0.4) is 0 Å². The van der Waals surface area contributed by atoms with Crippen LogP contribution in [0.5, 0.6) is 0 Å². The van der Waals surface area contributed by atoms with Gasteiger partial charge in [-0.3, -0.25) is 4.79 Å². The van der Waals surface area contributed by atoms with Crippen molar-refractivity contribution in [3.05, 3.63) is 0 Å². The number of carbonyl (C=O) groups excluding carboxylic acids is 1. The quantitative estimate of drug-likeness (QED) is 0.684. The van der Waals surface area contributed by atoms with Crippen molar-refractivity contribution in [2.45, 2.75) is 85.0 Å². The molecule has 132 valence electrons. The van der Waals surface area contributed by atoms with Gasteiger partial charge in [-0.2, -0.15) is 0 Å². The van der Waals surface area contributed by atoms with Crippen LogP contribution >= 0.6 is 0 Å². The van der Waals surface area contributed by atoms with Gasteiger partial charge in [0.05, 0.1) is 0 Å². The molecule has 1 unspecified atom stereocenters. The lowest BCUT2D eigenvalue weighted by molar-refractivity contribution is -0.133. The molecule has 2 nitrogen and oxygen atoms in total. The fourth-order valence-electron chi connectivity index (χ4n) is 7.96. The zero-order valence-corrected chi connectivity index (χ0v) is 15.4. The summed E-state index contributed by atoms with van der Waals surface area (Å²) in [5.41, 5.74) is 0.974. The predicted molar refractivity (Wildman–Crippen MR) is 94.1 cm³/mol. The van der Waals surface area contributed by atoms with Crippen LogP contribution in [0.4, 0.5) is 0 Å². The molecule has 0 radical (unpaired) electrons. The first-order chi connectivity index (χ1) is 10.5. The lowest BCUT2D eigenvalue weighted by atomic mass is 9.45. The van der Waals surface area contributed by atoms with E-state index in [0.717, 1.165) is 23.7 Å². The molecule has 4 rings (SSSR count). The fourth-order valence-corrected chi connectivity index (χ4v) is 7.96. The van der Waals surface area contributed by atoms with Gasteiger partial charge in [-0.25, -0.2) is 0 Å². The minimum absolute atomic E-state index is 0. The molecule has 0 aromatic rings. The van der Waals surface area contributed by atoms with Gasteiger partial charge in [0, 0.05) is 5.92 Å². The van der Waals surface area contributed by atoms with Gasteiger partial charge < -0.3 is 5.48 Å². The van der Waals surface area contributed by atoms with Crippen LogP contribution in [0.25, 0.3) is 0 Å². The fraction of sp³-hybridized carbons (Fsp3) is 0.952. The molecule has 0 aromatic heterocycles. The topological polar surface area (TPSA) is 48.6 Å². The Morgan fingerprint density at radius 3 is 2.30 bits per heavy atom. The highest BCUT2D eigenvalue weighted by molar-refractivity contribution is 5.79. The zero-order chi connectivity index (χ0) is 15.5. The van der Waals surface area contributed by atoms with E-state index in [-0.39, 0.29) is 5.48 Å². The monoisotopic (exact) mass is 320 g/mol. The Bertz CT molecular complexity index is 472. The second-order valence-electron chi connectivity index (χ2n) is 9.69. The van der Waals surface area contributed by atoms with Crippen LogP contribution < -0.4 is 0 Å². The number of Topliss-reactive ketones (excluding diaryl/α,β-unsaturated/α-hetero) is 1. The van der Waals surface area contributed by atoms with E-state index in [0.29, 0.717) is 22.5 Å². The summed E-state index contributed by atoms with van der Waals surface area (Å²) in [5, 5.41) is 0. The lowest BCUT2D eigenvalue weighted by Gasteiger charge is -2.60. The number of fused-ring (bicyclic) bond motifs is 5. The summed E-state index contributed by atoms with van der Waals surface area (Å²) >= 11 is 0. The Hall–Kier alpha value is -0.370. The third-order valence-electron chi connectivity index (χ3n) is 9.07. The van der Waals surface area contributed by atoms with Crippen LogP contribution in [0.1, 0.15) is 85.0 Å². The van der Waals surface area contributed by atoms with E-state index < -0.39 is 0 Å². The molecule has 2 N–H and O–H groups in total. The number of ketones is 1. The standard InChI is InChI=1S/C21H34O.H2O/c1-14(22)17-9-10-18-16-8-7-15-6-4-5-12-20(15,2)19(16)11-13-21(17,18)3;/h15-19H,4-13H2,1-3H3;1H2/t15?,16-,17+,18-,19-,20-,21+;/m0./s1. The van der Waals surface area contributed by atoms with E-state index in [9.17, 15) is 4.79 Å². The molecule has 4 fully saturated rings. The van der Waals surface area contributed by atoms with E-state index in [1.54, 1.807) is 0 Å². The van der Waals surface area contributed by atoms with Crippen LogP contribution in [-0.2, 0) is 4.79 Å². The first kappa shape index (κ1) is 17.5. The molecule has 0 spiro atoms. The molecular formula is C21H36O2. The van der Waals surface area contributed by atoms with Crippen molar-refractivity contribution >= 4 is 5.78 Å². The third kappa shape index (κ3) is 2.34. The summed E-state index contributed by atoms with van der Waals surface area (Å²) in [6.45, 7) is 6.97. The summed E-state index contributed by atoms with van der Waals surface area (Å²) in [4.78, 5) is 12.2. The summed E-state index contributed by atoms with van der Waals surface area (Å²) in [5.74, 6) is 4.60. The molecule has 0 aliphatic heterocycles. The number of rotatable bonds is 1. The van der Waals surface area contributed by atoms with Crippen molar-refractivity contribution in [2.24, 2.45) is 40.4 Å². The van der Waals surface area contributed by atoms with Crippen molar-refractivity contribution in [1.82, 2.24) is 0 Å². The zero-order valence-electron chi connectivity index (χ0n) is 15.4. The van der Waals surface area contributed by atoms with Crippen molar-refractivity contribution in [3.63, 3.8) is 0 Å². The van der Waals surface area contributed by atoms with E-state index in [1.807, 2.05) is 6.92 Å². The Labute approximate surface area is 142 Å². The molecule has 0 amide bonds. The second-order valence-corrected chi connectivity index (χ2v) is 9.69. The van der Waals surface area contributed by atoms with Gasteiger partial charge in [-0.15, -0.1) is 0 Å². The van der Waals surface area contributed by atoms with Gasteiger partial charge in [0.1, 0.15) is 5.78 Å². The minimum Gasteiger partial charge on any atom is -0.412 e. The Morgan fingerprint density at radius 2 is 1.57 bits per heavy atom. The molecule has 0 heterocycles. The number of carbonyl (C=O) groups is 1. The maximum atomic E-state index is 12.2. The SMILES string of the molecule is CC(=O)[C@H]1CC[C@H]2[C@@H]3CCC4CCCC[C@]4(C)[C@H]3CC[C@]12C.O. The summed E-state index contributed by atoms with van der Waals surface area (Å²) < 4.78 is 0. The van der Waals surface area contributed by atoms with E-state index in [4.69, 9.17) is 0 Å². The number of hydrogen-bond donors (Lipinski definition) is 0. The van der Waals surface area contributed by atoms with Crippen LogP contribution in [0.15, 0.2) is 0 Å². The highest BCUT2D eigenvalue weighted by Crippen LogP contribution is 2.67. The van der Waals surface area contributed by atoms with Crippen LogP contribution in [0.2, 0.25) is 0 Å². The van der Waals surface area contributed by atoms with Crippen LogP contribution in [0, 0.1) is 40.4 Å². The second kappa shape index (κ2) is 5.86. The van der Waals surface area contributed by atoms with Crippen molar-refractivity contribution < 1.29 is 10.3 Å². The van der Waals surface area contributed by atoms with Crippen molar-refractivity contribution in [3.8, 4) is 0 Å². The van der Waals surface area contributed by atoms with E-state index in [1.165, 1.54) is 64.2 Å². The van der Waals surface area contributed by atoms with E-state index >= 15 is 0 Å².